The summed E-state index contributed by atoms with van der Waals surface area (Å²) in [6.45, 7) is 10.1. The molecule has 1 heterocycles. The summed E-state index contributed by atoms with van der Waals surface area (Å²) in [5.41, 5.74) is 8.32. The molecule has 0 saturated heterocycles. The fourth-order valence-electron chi connectivity index (χ4n) is 2.41. The monoisotopic (exact) mass is 275 g/mol. The highest BCUT2D eigenvalue weighted by molar-refractivity contribution is 5.78. The van der Waals surface area contributed by atoms with E-state index in [0.717, 1.165) is 35.6 Å². The van der Waals surface area contributed by atoms with Crippen molar-refractivity contribution in [2.75, 3.05) is 6.61 Å². The third kappa shape index (κ3) is 2.96. The molecule has 20 heavy (non-hydrogen) atoms. The number of benzene rings is 1. The Balaban J connectivity index is 2.52. The van der Waals surface area contributed by atoms with Crippen LogP contribution >= 0.6 is 0 Å². The van der Waals surface area contributed by atoms with Crippen molar-refractivity contribution in [2.24, 2.45) is 11.7 Å². The fraction of sp³-hybridized carbons (Fsp3) is 0.562. The van der Waals surface area contributed by atoms with Gasteiger partial charge in [-0.3, -0.25) is 0 Å². The van der Waals surface area contributed by atoms with Crippen LogP contribution < -0.4 is 10.5 Å². The number of ether oxygens (including phenoxy) is 1. The SMILES string of the molecule is CCOc1ccc2c(c1)nc(C(N)CC)n2CC(C)C. The van der Waals surface area contributed by atoms with Crippen LogP contribution in [0.5, 0.6) is 5.75 Å². The largest absolute Gasteiger partial charge is 0.494 e. The Bertz CT molecular complexity index is 574. The van der Waals surface area contributed by atoms with E-state index >= 15 is 0 Å². The number of rotatable bonds is 6. The maximum Gasteiger partial charge on any atom is 0.126 e. The van der Waals surface area contributed by atoms with Gasteiger partial charge in [0.2, 0.25) is 0 Å². The van der Waals surface area contributed by atoms with E-state index in [4.69, 9.17) is 15.5 Å². The number of hydrogen-bond acceptors (Lipinski definition) is 3. The van der Waals surface area contributed by atoms with Gasteiger partial charge in [0.25, 0.3) is 0 Å². The van der Waals surface area contributed by atoms with Crippen LogP contribution in [0.4, 0.5) is 0 Å². The number of hydrogen-bond donors (Lipinski definition) is 1. The van der Waals surface area contributed by atoms with E-state index in [1.165, 1.54) is 0 Å². The predicted octanol–water partition coefficient (Wildman–Crippen LogP) is 3.50. The molecule has 4 heteroatoms. The number of imidazole rings is 1. The predicted molar refractivity (Wildman–Crippen MR) is 83.0 cm³/mol. The van der Waals surface area contributed by atoms with Gasteiger partial charge in [0.05, 0.1) is 23.7 Å². The molecular weight excluding hydrogens is 250 g/mol. The average Bonchev–Trinajstić information content (AvgIpc) is 2.76. The van der Waals surface area contributed by atoms with Gasteiger partial charge in [0.15, 0.2) is 0 Å². The van der Waals surface area contributed by atoms with Gasteiger partial charge >= 0.3 is 0 Å². The highest BCUT2D eigenvalue weighted by Gasteiger charge is 2.17. The van der Waals surface area contributed by atoms with Crippen LogP contribution in [0.2, 0.25) is 0 Å². The molecule has 0 radical (unpaired) electrons. The minimum absolute atomic E-state index is 0.0170. The minimum Gasteiger partial charge on any atom is -0.494 e. The summed E-state index contributed by atoms with van der Waals surface area (Å²) in [5.74, 6) is 2.40. The maximum atomic E-state index is 6.22. The third-order valence-corrected chi connectivity index (χ3v) is 3.38. The first-order valence-electron chi connectivity index (χ1n) is 7.45. The lowest BCUT2D eigenvalue weighted by Gasteiger charge is -2.15. The maximum absolute atomic E-state index is 6.22. The number of aromatic nitrogens is 2. The molecular formula is C16H25N3O. The molecule has 2 rings (SSSR count). The van der Waals surface area contributed by atoms with Crippen molar-refractivity contribution < 1.29 is 4.74 Å². The molecule has 0 aliphatic carbocycles. The quantitative estimate of drug-likeness (QED) is 0.877. The van der Waals surface area contributed by atoms with Crippen molar-refractivity contribution in [1.82, 2.24) is 9.55 Å². The van der Waals surface area contributed by atoms with Gasteiger partial charge in [0, 0.05) is 12.6 Å². The molecule has 0 bridgehead atoms. The molecule has 0 spiro atoms. The van der Waals surface area contributed by atoms with Crippen molar-refractivity contribution in [3.8, 4) is 5.75 Å². The van der Waals surface area contributed by atoms with Gasteiger partial charge in [-0.25, -0.2) is 4.98 Å². The van der Waals surface area contributed by atoms with E-state index in [9.17, 15) is 0 Å². The second-order valence-corrected chi connectivity index (χ2v) is 5.57. The molecule has 1 unspecified atom stereocenters. The Labute approximate surface area is 120 Å². The molecule has 110 valence electrons. The molecule has 0 aliphatic rings. The Kier molecular flexibility index (Phi) is 4.65. The summed E-state index contributed by atoms with van der Waals surface area (Å²) >= 11 is 0. The summed E-state index contributed by atoms with van der Waals surface area (Å²) in [4.78, 5) is 4.74. The average molecular weight is 275 g/mol. The van der Waals surface area contributed by atoms with Gasteiger partial charge in [-0.1, -0.05) is 20.8 Å². The molecule has 2 aromatic rings. The van der Waals surface area contributed by atoms with E-state index in [1.807, 2.05) is 19.1 Å². The van der Waals surface area contributed by atoms with Crippen molar-refractivity contribution in [2.45, 2.75) is 46.7 Å². The van der Waals surface area contributed by atoms with Crippen molar-refractivity contribution in [1.29, 1.82) is 0 Å². The minimum atomic E-state index is -0.0170. The van der Waals surface area contributed by atoms with Crippen molar-refractivity contribution >= 4 is 11.0 Å². The molecule has 0 amide bonds. The zero-order valence-electron chi connectivity index (χ0n) is 12.9. The second kappa shape index (κ2) is 6.27. The first-order chi connectivity index (χ1) is 9.56. The second-order valence-electron chi connectivity index (χ2n) is 5.57. The van der Waals surface area contributed by atoms with Crippen LogP contribution in [-0.4, -0.2) is 16.2 Å². The van der Waals surface area contributed by atoms with Crippen LogP contribution in [0.1, 0.15) is 46.0 Å². The zero-order chi connectivity index (χ0) is 14.7. The molecule has 1 aromatic heterocycles. The van der Waals surface area contributed by atoms with Crippen LogP contribution in [0.3, 0.4) is 0 Å². The van der Waals surface area contributed by atoms with Crippen molar-refractivity contribution in [3.63, 3.8) is 0 Å². The van der Waals surface area contributed by atoms with E-state index in [0.29, 0.717) is 12.5 Å². The van der Waals surface area contributed by atoms with Crippen LogP contribution in [0.15, 0.2) is 18.2 Å². The summed E-state index contributed by atoms with van der Waals surface area (Å²) < 4.78 is 7.80. The number of fused-ring (bicyclic) bond motifs is 1. The Morgan fingerprint density at radius 1 is 1.30 bits per heavy atom. The fourth-order valence-corrected chi connectivity index (χ4v) is 2.41. The Morgan fingerprint density at radius 3 is 2.65 bits per heavy atom. The Morgan fingerprint density at radius 2 is 2.05 bits per heavy atom. The normalized spacial score (nSPS) is 13.1. The molecule has 0 aliphatic heterocycles. The summed E-state index contributed by atoms with van der Waals surface area (Å²) in [6.07, 6.45) is 0.889. The van der Waals surface area contributed by atoms with Crippen LogP contribution in [-0.2, 0) is 6.54 Å². The topological polar surface area (TPSA) is 53.1 Å². The van der Waals surface area contributed by atoms with Gasteiger partial charge < -0.3 is 15.0 Å². The summed E-state index contributed by atoms with van der Waals surface area (Å²) in [6, 6.07) is 6.08. The molecule has 1 atom stereocenters. The first-order valence-corrected chi connectivity index (χ1v) is 7.45. The van der Waals surface area contributed by atoms with Gasteiger partial charge in [-0.2, -0.15) is 0 Å². The molecule has 1 aromatic carbocycles. The smallest absolute Gasteiger partial charge is 0.126 e. The zero-order valence-corrected chi connectivity index (χ0v) is 12.9. The number of nitrogens with zero attached hydrogens (tertiary/aromatic N) is 2. The van der Waals surface area contributed by atoms with Crippen LogP contribution in [0.25, 0.3) is 11.0 Å². The molecule has 2 N–H and O–H groups in total. The van der Waals surface area contributed by atoms with Gasteiger partial charge in [-0.15, -0.1) is 0 Å². The van der Waals surface area contributed by atoms with E-state index in [1.54, 1.807) is 0 Å². The third-order valence-electron chi connectivity index (χ3n) is 3.38. The standard InChI is InChI=1S/C16H25N3O/c1-5-13(17)16-18-14-9-12(20-6-2)7-8-15(14)19(16)10-11(3)4/h7-9,11,13H,5-6,10,17H2,1-4H3. The molecule has 4 nitrogen and oxygen atoms in total. The van der Waals surface area contributed by atoms with E-state index in [2.05, 4.69) is 31.4 Å². The highest BCUT2D eigenvalue weighted by atomic mass is 16.5. The van der Waals surface area contributed by atoms with E-state index in [-0.39, 0.29) is 6.04 Å². The van der Waals surface area contributed by atoms with Gasteiger partial charge in [-0.05, 0) is 31.4 Å². The van der Waals surface area contributed by atoms with Crippen molar-refractivity contribution in [3.05, 3.63) is 24.0 Å². The summed E-state index contributed by atoms with van der Waals surface area (Å²) in [7, 11) is 0. The van der Waals surface area contributed by atoms with Gasteiger partial charge in [0.1, 0.15) is 11.6 Å². The molecule has 0 saturated carbocycles. The lowest BCUT2D eigenvalue weighted by molar-refractivity contribution is 0.340. The first kappa shape index (κ1) is 14.9. The lowest BCUT2D eigenvalue weighted by Crippen LogP contribution is -2.17. The van der Waals surface area contributed by atoms with E-state index < -0.39 is 0 Å². The van der Waals surface area contributed by atoms with Crippen LogP contribution in [0, 0.1) is 5.92 Å². The highest BCUT2D eigenvalue weighted by Crippen LogP contribution is 2.26. The lowest BCUT2D eigenvalue weighted by atomic mass is 10.2. The molecule has 0 fully saturated rings. The summed E-state index contributed by atoms with van der Waals surface area (Å²) in [5, 5.41) is 0. The Hall–Kier alpha value is -1.55. The number of nitrogens with two attached hydrogens (primary N) is 1.